The molecule has 0 bridgehead atoms. The van der Waals surface area contributed by atoms with E-state index >= 15 is 0 Å². The maximum atomic E-state index is 13.6. The molecular weight excluding hydrogens is 231 g/mol. The van der Waals surface area contributed by atoms with Crippen molar-refractivity contribution in [2.75, 3.05) is 0 Å². The number of amides is 1. The summed E-state index contributed by atoms with van der Waals surface area (Å²) in [6, 6.07) is 4.60. The first kappa shape index (κ1) is 13.0. The molecule has 4 heteroatoms. The summed E-state index contributed by atoms with van der Waals surface area (Å²) in [6.07, 6.45) is 3.77. The van der Waals surface area contributed by atoms with Crippen LogP contribution >= 0.6 is 0 Å². The highest BCUT2D eigenvalue weighted by Gasteiger charge is 2.23. The van der Waals surface area contributed by atoms with Crippen LogP contribution in [-0.4, -0.2) is 11.9 Å². The highest BCUT2D eigenvalue weighted by molar-refractivity contribution is 5.92. The van der Waals surface area contributed by atoms with E-state index in [0.717, 1.165) is 12.3 Å². The molecule has 3 nitrogen and oxygen atoms in total. The van der Waals surface area contributed by atoms with Crippen molar-refractivity contribution in [1.29, 1.82) is 0 Å². The molecule has 1 saturated carbocycles. The van der Waals surface area contributed by atoms with Gasteiger partial charge in [-0.15, -0.1) is 0 Å². The Morgan fingerprint density at radius 1 is 1.56 bits per heavy atom. The first-order valence-electron chi connectivity index (χ1n) is 6.38. The average molecular weight is 250 g/mol. The van der Waals surface area contributed by atoms with Gasteiger partial charge in [-0.2, -0.15) is 0 Å². The van der Waals surface area contributed by atoms with Gasteiger partial charge in [-0.25, -0.2) is 4.39 Å². The Hall–Kier alpha value is -1.42. The molecule has 98 valence electrons. The summed E-state index contributed by atoms with van der Waals surface area (Å²) in [6.45, 7) is 2.54. The number of nitrogens with one attached hydrogen (secondary N) is 1. The molecule has 0 radical (unpaired) electrons. The third kappa shape index (κ3) is 3.53. The predicted molar refractivity (Wildman–Crippen MR) is 68.6 cm³/mol. The third-order valence-electron chi connectivity index (χ3n) is 3.36. The number of nitrogens with two attached hydrogens (primary N) is 1. The molecule has 1 fully saturated rings. The number of hydrogen-bond donors (Lipinski definition) is 2. The van der Waals surface area contributed by atoms with Crippen molar-refractivity contribution >= 4 is 5.91 Å². The van der Waals surface area contributed by atoms with Crippen LogP contribution in [0.3, 0.4) is 0 Å². The summed E-state index contributed by atoms with van der Waals surface area (Å²) in [4.78, 5) is 11.0. The van der Waals surface area contributed by atoms with Crippen LogP contribution in [0.4, 0.5) is 4.39 Å². The fourth-order valence-corrected chi connectivity index (χ4v) is 2.08. The molecule has 1 unspecified atom stereocenters. The topological polar surface area (TPSA) is 55.1 Å². The second kappa shape index (κ2) is 5.48. The summed E-state index contributed by atoms with van der Waals surface area (Å²) in [5.74, 6) is 0.0164. The van der Waals surface area contributed by atoms with E-state index in [2.05, 4.69) is 12.2 Å². The second-order valence-electron chi connectivity index (χ2n) is 5.13. The highest BCUT2D eigenvalue weighted by atomic mass is 19.1. The van der Waals surface area contributed by atoms with Gasteiger partial charge in [0.05, 0.1) is 0 Å². The zero-order chi connectivity index (χ0) is 13.1. The Labute approximate surface area is 107 Å². The standard InChI is InChI=1S/C14H19FN2O/c1-9(6-10-2-3-10)17-8-12-7-11(14(16)18)4-5-13(12)15/h4-5,7,9-10,17H,2-3,6,8H2,1H3,(H2,16,18). The van der Waals surface area contributed by atoms with E-state index in [1.165, 1.54) is 31.0 Å². The molecule has 1 aliphatic carbocycles. The largest absolute Gasteiger partial charge is 0.366 e. The van der Waals surface area contributed by atoms with Crippen molar-refractivity contribution in [1.82, 2.24) is 5.32 Å². The molecule has 0 heterocycles. The lowest BCUT2D eigenvalue weighted by molar-refractivity contribution is 0.1000. The number of rotatable bonds is 6. The normalized spacial score (nSPS) is 16.6. The van der Waals surface area contributed by atoms with Gasteiger partial charge in [-0.3, -0.25) is 4.79 Å². The fourth-order valence-electron chi connectivity index (χ4n) is 2.08. The van der Waals surface area contributed by atoms with Gasteiger partial charge in [0, 0.05) is 23.7 Å². The summed E-state index contributed by atoms with van der Waals surface area (Å²) >= 11 is 0. The summed E-state index contributed by atoms with van der Waals surface area (Å²) in [7, 11) is 0. The number of primary amides is 1. The molecule has 0 saturated heterocycles. The van der Waals surface area contributed by atoms with Crippen LogP contribution in [0, 0.1) is 11.7 Å². The minimum Gasteiger partial charge on any atom is -0.366 e. The van der Waals surface area contributed by atoms with Gasteiger partial charge in [0.2, 0.25) is 5.91 Å². The van der Waals surface area contributed by atoms with Crippen LogP contribution in [0.25, 0.3) is 0 Å². The third-order valence-corrected chi connectivity index (χ3v) is 3.36. The van der Waals surface area contributed by atoms with Crippen molar-refractivity contribution in [2.24, 2.45) is 11.7 Å². The van der Waals surface area contributed by atoms with Gasteiger partial charge >= 0.3 is 0 Å². The van der Waals surface area contributed by atoms with Crippen molar-refractivity contribution in [2.45, 2.75) is 38.8 Å². The smallest absolute Gasteiger partial charge is 0.248 e. The average Bonchev–Trinajstić information content (AvgIpc) is 3.11. The molecule has 1 amide bonds. The van der Waals surface area contributed by atoms with E-state index in [-0.39, 0.29) is 5.82 Å². The van der Waals surface area contributed by atoms with Gasteiger partial charge in [-0.05, 0) is 37.5 Å². The molecule has 1 aliphatic rings. The van der Waals surface area contributed by atoms with E-state index in [9.17, 15) is 9.18 Å². The number of hydrogen-bond acceptors (Lipinski definition) is 2. The minimum absolute atomic E-state index is 0.300. The maximum Gasteiger partial charge on any atom is 0.248 e. The summed E-state index contributed by atoms with van der Waals surface area (Å²) in [5.41, 5.74) is 6.03. The van der Waals surface area contributed by atoms with Crippen LogP contribution in [0.2, 0.25) is 0 Å². The molecule has 1 aromatic carbocycles. The first-order chi connectivity index (χ1) is 8.56. The molecule has 1 aromatic rings. The summed E-state index contributed by atoms with van der Waals surface area (Å²) in [5, 5.41) is 3.29. The van der Waals surface area contributed by atoms with Gasteiger partial charge in [0.1, 0.15) is 5.82 Å². The number of carbonyl (C=O) groups excluding carboxylic acids is 1. The lowest BCUT2D eigenvalue weighted by atomic mass is 10.1. The Morgan fingerprint density at radius 3 is 2.89 bits per heavy atom. The van der Waals surface area contributed by atoms with Gasteiger partial charge in [-0.1, -0.05) is 12.8 Å². The van der Waals surface area contributed by atoms with Crippen molar-refractivity contribution in [3.05, 3.63) is 35.1 Å². The van der Waals surface area contributed by atoms with Crippen LogP contribution in [0.1, 0.15) is 42.1 Å². The quantitative estimate of drug-likeness (QED) is 0.813. The predicted octanol–water partition coefficient (Wildman–Crippen LogP) is 2.20. The van der Waals surface area contributed by atoms with Crippen LogP contribution in [0.5, 0.6) is 0 Å². The first-order valence-corrected chi connectivity index (χ1v) is 6.38. The van der Waals surface area contributed by atoms with E-state index in [1.54, 1.807) is 0 Å². The summed E-state index contributed by atoms with van der Waals surface area (Å²) < 4.78 is 13.6. The molecule has 2 rings (SSSR count). The van der Waals surface area contributed by atoms with Gasteiger partial charge in [0.25, 0.3) is 0 Å². The monoisotopic (exact) mass is 250 g/mol. The zero-order valence-electron chi connectivity index (χ0n) is 10.6. The number of benzene rings is 1. The van der Waals surface area contributed by atoms with E-state index < -0.39 is 5.91 Å². The molecular formula is C14H19FN2O. The SMILES string of the molecule is CC(CC1CC1)NCc1cc(C(N)=O)ccc1F. The molecule has 0 aliphatic heterocycles. The van der Waals surface area contributed by atoms with Gasteiger partial charge < -0.3 is 11.1 Å². The maximum absolute atomic E-state index is 13.6. The number of halogens is 1. The van der Waals surface area contributed by atoms with Gasteiger partial charge in [0.15, 0.2) is 0 Å². The van der Waals surface area contributed by atoms with E-state index in [4.69, 9.17) is 5.73 Å². The lowest BCUT2D eigenvalue weighted by Gasteiger charge is -2.14. The molecule has 1 atom stereocenters. The Morgan fingerprint density at radius 2 is 2.28 bits per heavy atom. The fraction of sp³-hybridized carbons (Fsp3) is 0.500. The van der Waals surface area contributed by atoms with Crippen molar-refractivity contribution in [3.8, 4) is 0 Å². The molecule has 0 spiro atoms. The van der Waals surface area contributed by atoms with Crippen molar-refractivity contribution < 1.29 is 9.18 Å². The lowest BCUT2D eigenvalue weighted by Crippen LogP contribution is -2.26. The van der Waals surface area contributed by atoms with Crippen molar-refractivity contribution in [3.63, 3.8) is 0 Å². The Kier molecular flexibility index (Phi) is 3.97. The second-order valence-corrected chi connectivity index (χ2v) is 5.13. The Balaban J connectivity index is 1.94. The molecule has 18 heavy (non-hydrogen) atoms. The highest BCUT2D eigenvalue weighted by Crippen LogP contribution is 2.33. The number of carbonyl (C=O) groups is 1. The molecule has 3 N–H and O–H groups in total. The van der Waals surface area contributed by atoms with E-state index in [1.807, 2.05) is 0 Å². The van der Waals surface area contributed by atoms with Crippen LogP contribution < -0.4 is 11.1 Å². The zero-order valence-corrected chi connectivity index (χ0v) is 10.6. The minimum atomic E-state index is -0.526. The Bertz CT molecular complexity index is 443. The molecule has 0 aromatic heterocycles. The van der Waals surface area contributed by atoms with Crippen LogP contribution in [-0.2, 0) is 6.54 Å². The van der Waals surface area contributed by atoms with E-state index in [0.29, 0.717) is 23.7 Å². The van der Waals surface area contributed by atoms with Crippen LogP contribution in [0.15, 0.2) is 18.2 Å².